The van der Waals surface area contributed by atoms with Crippen molar-refractivity contribution in [1.82, 2.24) is 0 Å². The molecule has 0 radical (unpaired) electrons. The monoisotopic (exact) mass is 208 g/mol. The third-order valence-corrected chi connectivity index (χ3v) is 2.12. The molecule has 0 aliphatic rings. The van der Waals surface area contributed by atoms with Crippen molar-refractivity contribution in [2.24, 2.45) is 0 Å². The van der Waals surface area contributed by atoms with E-state index >= 15 is 0 Å². The van der Waals surface area contributed by atoms with Crippen molar-refractivity contribution in [3.63, 3.8) is 0 Å². The molecule has 0 aliphatic carbocycles. The third-order valence-electron chi connectivity index (χ3n) is 2.12. The van der Waals surface area contributed by atoms with Crippen molar-refractivity contribution < 1.29 is 18.7 Å². The highest BCUT2D eigenvalue weighted by Gasteiger charge is 2.09. The first kappa shape index (κ1) is 9.58. The number of rotatable bonds is 1. The molecule has 0 unspecified atom stereocenters. The van der Waals surface area contributed by atoms with E-state index in [1.807, 2.05) is 0 Å². The highest BCUT2D eigenvalue weighted by molar-refractivity contribution is 5.93. The molecule has 0 aliphatic heterocycles. The molecule has 0 atom stereocenters. The number of hydrogen-bond acceptors (Lipinski definition) is 2. The van der Waals surface area contributed by atoms with E-state index in [1.54, 1.807) is 0 Å². The fourth-order valence-electron chi connectivity index (χ4n) is 1.46. The van der Waals surface area contributed by atoms with Gasteiger partial charge < -0.3 is 5.11 Å². The Balaban J connectivity index is 2.91. The van der Waals surface area contributed by atoms with Crippen molar-refractivity contribution in [2.75, 3.05) is 0 Å². The smallest absolute Gasteiger partial charge is 0.150 e. The lowest BCUT2D eigenvalue weighted by atomic mass is 10.1. The molecule has 4 heteroatoms. The predicted molar refractivity (Wildman–Crippen MR) is 50.9 cm³/mol. The second-order valence-electron chi connectivity index (χ2n) is 3.14. The molecule has 0 heterocycles. The largest absolute Gasteiger partial charge is 0.507 e. The number of phenolic OH excluding ortho intramolecular Hbond substituents is 1. The Kier molecular flexibility index (Phi) is 2.11. The van der Waals surface area contributed by atoms with Gasteiger partial charge in [0.1, 0.15) is 23.7 Å². The van der Waals surface area contributed by atoms with Crippen molar-refractivity contribution in [3.05, 3.63) is 41.5 Å². The van der Waals surface area contributed by atoms with Gasteiger partial charge in [0.05, 0.1) is 0 Å². The summed E-state index contributed by atoms with van der Waals surface area (Å²) in [7, 11) is 0. The van der Waals surface area contributed by atoms with Crippen molar-refractivity contribution in [3.8, 4) is 5.75 Å². The van der Waals surface area contributed by atoms with E-state index in [0.29, 0.717) is 12.4 Å². The molecule has 0 spiro atoms. The number of phenols is 1. The van der Waals surface area contributed by atoms with Crippen LogP contribution in [0.25, 0.3) is 10.8 Å². The van der Waals surface area contributed by atoms with Crippen LogP contribution in [0.2, 0.25) is 0 Å². The zero-order valence-electron chi connectivity index (χ0n) is 7.50. The Hall–Kier alpha value is -1.97. The number of aldehydes is 1. The van der Waals surface area contributed by atoms with E-state index < -0.39 is 11.6 Å². The quantitative estimate of drug-likeness (QED) is 0.731. The number of benzene rings is 2. The summed E-state index contributed by atoms with van der Waals surface area (Å²) in [6.45, 7) is 0. The average Bonchev–Trinajstić information content (AvgIpc) is 2.19. The lowest BCUT2D eigenvalue weighted by molar-refractivity contribution is 0.112. The van der Waals surface area contributed by atoms with Crippen LogP contribution >= 0.6 is 0 Å². The van der Waals surface area contributed by atoms with Gasteiger partial charge in [-0.3, -0.25) is 4.79 Å². The molecular weight excluding hydrogens is 202 g/mol. The molecule has 76 valence electrons. The predicted octanol–water partition coefficient (Wildman–Crippen LogP) is 2.64. The zero-order valence-corrected chi connectivity index (χ0v) is 7.50. The highest BCUT2D eigenvalue weighted by atomic mass is 19.1. The molecule has 2 aromatic rings. The molecule has 15 heavy (non-hydrogen) atoms. The lowest BCUT2D eigenvalue weighted by Gasteiger charge is -2.03. The number of aromatic hydroxyl groups is 1. The minimum atomic E-state index is -0.802. The summed E-state index contributed by atoms with van der Waals surface area (Å²) in [6, 6.07) is 4.14. The van der Waals surface area contributed by atoms with Crippen molar-refractivity contribution >= 4 is 17.1 Å². The zero-order chi connectivity index (χ0) is 11.0. The van der Waals surface area contributed by atoms with Gasteiger partial charge in [-0.25, -0.2) is 8.78 Å². The second-order valence-corrected chi connectivity index (χ2v) is 3.14. The van der Waals surface area contributed by atoms with Gasteiger partial charge in [-0.1, -0.05) is 0 Å². The van der Waals surface area contributed by atoms with Gasteiger partial charge in [-0.2, -0.15) is 0 Å². The minimum Gasteiger partial charge on any atom is -0.507 e. The molecule has 1 N–H and O–H groups in total. The molecule has 2 aromatic carbocycles. The van der Waals surface area contributed by atoms with E-state index in [4.69, 9.17) is 0 Å². The van der Waals surface area contributed by atoms with Crippen LogP contribution < -0.4 is 0 Å². The minimum absolute atomic E-state index is 0.0264. The fourth-order valence-corrected chi connectivity index (χ4v) is 1.46. The van der Waals surface area contributed by atoms with Gasteiger partial charge in [0.15, 0.2) is 0 Å². The number of hydrogen-bond donors (Lipinski definition) is 1. The number of carbonyl (C=O) groups excluding carboxylic acids is 1. The molecule has 0 aromatic heterocycles. The van der Waals surface area contributed by atoms with Gasteiger partial charge >= 0.3 is 0 Å². The third kappa shape index (κ3) is 1.54. The Morgan fingerprint density at radius 2 is 1.80 bits per heavy atom. The van der Waals surface area contributed by atoms with Gasteiger partial charge in [0, 0.05) is 22.4 Å². The Morgan fingerprint density at radius 3 is 2.47 bits per heavy atom. The number of fused-ring (bicyclic) bond motifs is 1. The van der Waals surface area contributed by atoms with E-state index in [2.05, 4.69) is 0 Å². The van der Waals surface area contributed by atoms with E-state index in [0.717, 1.165) is 12.1 Å². The summed E-state index contributed by atoms with van der Waals surface area (Å²) < 4.78 is 26.1. The first-order valence-electron chi connectivity index (χ1n) is 4.19. The molecular formula is C11H6F2O2. The van der Waals surface area contributed by atoms with E-state index in [1.165, 1.54) is 6.07 Å². The first-order chi connectivity index (χ1) is 7.11. The molecule has 2 nitrogen and oxygen atoms in total. The van der Waals surface area contributed by atoms with Gasteiger partial charge in [-0.05, 0) is 18.2 Å². The van der Waals surface area contributed by atoms with Gasteiger partial charge in [0.25, 0.3) is 0 Å². The molecule has 0 saturated carbocycles. The molecule has 0 saturated heterocycles. The van der Waals surface area contributed by atoms with Crippen LogP contribution in [0.1, 0.15) is 10.4 Å². The maximum atomic E-state index is 13.3. The highest BCUT2D eigenvalue weighted by Crippen LogP contribution is 2.28. The standard InChI is InChI=1S/C11H6F2O2/c12-7-3-9-8(10(13)4-7)1-6(5-14)2-11(9)15/h1-5,15H. The van der Waals surface area contributed by atoms with Crippen LogP contribution in [0, 0.1) is 11.6 Å². The van der Waals surface area contributed by atoms with E-state index in [9.17, 15) is 18.7 Å². The summed E-state index contributed by atoms with van der Waals surface area (Å²) >= 11 is 0. The molecule has 2 rings (SSSR count). The van der Waals surface area contributed by atoms with Crippen LogP contribution in [-0.2, 0) is 0 Å². The summed E-state index contributed by atoms with van der Waals surface area (Å²) in [5.74, 6) is -1.88. The average molecular weight is 208 g/mol. The first-order valence-corrected chi connectivity index (χ1v) is 4.19. The van der Waals surface area contributed by atoms with Crippen LogP contribution in [0.15, 0.2) is 24.3 Å². The van der Waals surface area contributed by atoms with Crippen LogP contribution in [0.4, 0.5) is 8.78 Å². The van der Waals surface area contributed by atoms with Crippen LogP contribution in [0.5, 0.6) is 5.75 Å². The van der Waals surface area contributed by atoms with E-state index in [-0.39, 0.29) is 22.1 Å². The normalized spacial score (nSPS) is 10.5. The topological polar surface area (TPSA) is 37.3 Å². The van der Waals surface area contributed by atoms with Crippen LogP contribution in [0.3, 0.4) is 0 Å². The maximum Gasteiger partial charge on any atom is 0.150 e. The number of carbonyl (C=O) groups is 1. The molecule has 0 bridgehead atoms. The Labute approximate surface area is 83.8 Å². The second kappa shape index (κ2) is 3.31. The molecule has 0 fully saturated rings. The number of halogens is 2. The Morgan fingerprint density at radius 1 is 1.07 bits per heavy atom. The Bertz CT molecular complexity index is 550. The summed E-state index contributed by atoms with van der Waals surface area (Å²) in [5.41, 5.74) is 0.144. The summed E-state index contributed by atoms with van der Waals surface area (Å²) in [4.78, 5) is 10.5. The summed E-state index contributed by atoms with van der Waals surface area (Å²) in [6.07, 6.45) is 0.488. The maximum absolute atomic E-state index is 13.3. The van der Waals surface area contributed by atoms with Crippen molar-refractivity contribution in [1.29, 1.82) is 0 Å². The van der Waals surface area contributed by atoms with Crippen LogP contribution in [-0.4, -0.2) is 11.4 Å². The lowest BCUT2D eigenvalue weighted by Crippen LogP contribution is -1.87. The SMILES string of the molecule is O=Cc1cc(O)c2cc(F)cc(F)c2c1. The van der Waals surface area contributed by atoms with Gasteiger partial charge in [0.2, 0.25) is 0 Å². The van der Waals surface area contributed by atoms with Gasteiger partial charge in [-0.15, -0.1) is 0 Å². The summed E-state index contributed by atoms with van der Waals surface area (Å²) in [5, 5.41) is 9.52. The van der Waals surface area contributed by atoms with Crippen molar-refractivity contribution in [2.45, 2.75) is 0 Å². The fraction of sp³-hybridized carbons (Fsp3) is 0. The molecule has 0 amide bonds.